The quantitative estimate of drug-likeness (QED) is 0.0205. The molecular weight excluding hydrogens is 940 g/mol. The van der Waals surface area contributed by atoms with Gasteiger partial charge in [-0.15, -0.1) is 0 Å². The van der Waals surface area contributed by atoms with Gasteiger partial charge in [0.15, 0.2) is 0 Å². The molecule has 0 aromatic carbocycles. The van der Waals surface area contributed by atoms with Crippen molar-refractivity contribution in [2.75, 3.05) is 40.9 Å². The van der Waals surface area contributed by atoms with Crippen LogP contribution >= 0.6 is 7.82 Å². The average molecular weight is 1070 g/mol. The third kappa shape index (κ3) is 55.3. The normalized spacial score (nSPS) is 13.8. The van der Waals surface area contributed by atoms with Gasteiger partial charge in [0.25, 0.3) is 0 Å². The van der Waals surface area contributed by atoms with Crippen LogP contribution in [0.3, 0.4) is 0 Å². The van der Waals surface area contributed by atoms with Gasteiger partial charge in [-0.05, 0) is 57.4 Å². The van der Waals surface area contributed by atoms with Crippen molar-refractivity contribution in [1.29, 1.82) is 0 Å². The van der Waals surface area contributed by atoms with Crippen LogP contribution in [0.2, 0.25) is 0 Å². The molecule has 0 aromatic heterocycles. The number of esters is 1. The molecule has 0 heterocycles. The molecule has 2 N–H and O–H groups in total. The van der Waals surface area contributed by atoms with Gasteiger partial charge >= 0.3 is 13.8 Å². The Labute approximate surface area is 460 Å². The minimum atomic E-state index is -4.44. The molecule has 10 heteroatoms. The monoisotopic (exact) mass is 1070 g/mol. The van der Waals surface area contributed by atoms with Gasteiger partial charge in [0.1, 0.15) is 19.3 Å². The van der Waals surface area contributed by atoms with Crippen LogP contribution in [-0.4, -0.2) is 74.3 Å². The van der Waals surface area contributed by atoms with Crippen LogP contribution in [0.1, 0.15) is 323 Å². The number of allylic oxidation sites excluding steroid dienone is 3. The highest BCUT2D eigenvalue weighted by molar-refractivity contribution is 7.47. The topological polar surface area (TPSA) is 111 Å². The number of carbonyl (C=O) groups excluding carboxylic acids is 2. The Bertz CT molecular complexity index is 1320. The summed E-state index contributed by atoms with van der Waals surface area (Å²) in [4.78, 5) is 37.6. The van der Waals surface area contributed by atoms with Gasteiger partial charge in [0.05, 0.1) is 33.8 Å². The summed E-state index contributed by atoms with van der Waals surface area (Å²) in [7, 11) is 1.51. The van der Waals surface area contributed by atoms with Crippen LogP contribution in [0, 0.1) is 0 Å². The number of hydrogen-bond donors (Lipinski definition) is 2. The summed E-state index contributed by atoms with van der Waals surface area (Å²) in [5, 5.41) is 3.06. The fourth-order valence-corrected chi connectivity index (χ4v) is 10.4. The third-order valence-corrected chi connectivity index (χ3v) is 15.6. The molecular formula is C64H126N2O7P+. The second-order valence-corrected chi connectivity index (χ2v) is 24.7. The number of phosphoric acid groups is 1. The number of likely N-dealkylation sites (N-methyl/N-ethyl adjacent to an activating group) is 1. The summed E-state index contributed by atoms with van der Waals surface area (Å²) < 4.78 is 30.7. The minimum Gasteiger partial charge on any atom is -0.456 e. The summed E-state index contributed by atoms with van der Waals surface area (Å²) in [5.41, 5.74) is 0. The Morgan fingerprint density at radius 3 is 1.15 bits per heavy atom. The number of nitrogens with zero attached hydrogens (tertiary/aromatic N) is 1. The summed E-state index contributed by atoms with van der Waals surface area (Å²) in [6.45, 7) is 7.04. The number of rotatable bonds is 59. The first kappa shape index (κ1) is 72.5. The SMILES string of the molecule is CCCCCCCC/C=C/CCCCCCCCCCCCCCCCCC(=O)NC(COP(=O)(O)OCC[N+](C)(C)C)C(/C=C\CCCCCCCCCCCC)OC(=O)CCCCCCCCCCCCC. The molecule has 0 bridgehead atoms. The van der Waals surface area contributed by atoms with Crippen LogP contribution < -0.4 is 5.32 Å². The van der Waals surface area contributed by atoms with Crippen molar-refractivity contribution in [2.45, 2.75) is 335 Å². The van der Waals surface area contributed by atoms with Gasteiger partial charge < -0.3 is 19.4 Å². The Balaban J connectivity index is 5.00. The van der Waals surface area contributed by atoms with E-state index in [2.05, 4.69) is 38.2 Å². The maximum absolute atomic E-state index is 13.5. The van der Waals surface area contributed by atoms with E-state index in [0.717, 1.165) is 57.8 Å². The van der Waals surface area contributed by atoms with Crippen molar-refractivity contribution >= 4 is 19.7 Å². The number of phosphoric ester groups is 1. The molecule has 438 valence electrons. The van der Waals surface area contributed by atoms with E-state index in [0.29, 0.717) is 23.9 Å². The number of carbonyl (C=O) groups is 2. The van der Waals surface area contributed by atoms with Crippen LogP contribution in [0.25, 0.3) is 0 Å². The number of amides is 1. The Hall–Kier alpha value is -1.51. The molecule has 0 aromatic rings. The molecule has 0 aliphatic rings. The molecule has 0 fully saturated rings. The van der Waals surface area contributed by atoms with E-state index >= 15 is 0 Å². The molecule has 3 atom stereocenters. The number of quaternary nitrogens is 1. The van der Waals surface area contributed by atoms with Gasteiger partial charge in [-0.25, -0.2) is 4.57 Å². The summed E-state index contributed by atoms with van der Waals surface area (Å²) >= 11 is 0. The van der Waals surface area contributed by atoms with Crippen molar-refractivity contribution in [3.63, 3.8) is 0 Å². The second-order valence-electron chi connectivity index (χ2n) is 23.3. The summed E-state index contributed by atoms with van der Waals surface area (Å²) in [5.74, 6) is -0.489. The minimum absolute atomic E-state index is 0.0442. The molecule has 3 unspecified atom stereocenters. The lowest BCUT2D eigenvalue weighted by Gasteiger charge is -2.27. The molecule has 0 saturated carbocycles. The van der Waals surface area contributed by atoms with E-state index in [9.17, 15) is 19.0 Å². The molecule has 0 aliphatic heterocycles. The first-order valence-electron chi connectivity index (χ1n) is 32.2. The molecule has 0 aliphatic carbocycles. The van der Waals surface area contributed by atoms with E-state index in [4.69, 9.17) is 13.8 Å². The third-order valence-electron chi connectivity index (χ3n) is 14.6. The van der Waals surface area contributed by atoms with E-state index in [-0.39, 0.29) is 25.1 Å². The summed E-state index contributed by atoms with van der Waals surface area (Å²) in [6.07, 6.45) is 64.7. The highest BCUT2D eigenvalue weighted by Crippen LogP contribution is 2.43. The molecule has 0 rings (SSSR count). The van der Waals surface area contributed by atoms with Crippen molar-refractivity contribution < 1.29 is 37.3 Å². The first-order valence-corrected chi connectivity index (χ1v) is 33.7. The largest absolute Gasteiger partial charge is 0.472 e. The van der Waals surface area contributed by atoms with E-state index in [1.54, 1.807) is 0 Å². The first-order chi connectivity index (χ1) is 35.9. The van der Waals surface area contributed by atoms with Gasteiger partial charge in [-0.1, -0.05) is 277 Å². The molecule has 74 heavy (non-hydrogen) atoms. The maximum Gasteiger partial charge on any atom is 0.472 e. The molecule has 1 amide bonds. The Morgan fingerprint density at radius 2 is 0.784 bits per heavy atom. The highest BCUT2D eigenvalue weighted by Gasteiger charge is 2.30. The smallest absolute Gasteiger partial charge is 0.456 e. The summed E-state index contributed by atoms with van der Waals surface area (Å²) in [6, 6.07) is -0.841. The van der Waals surface area contributed by atoms with Crippen molar-refractivity contribution in [1.82, 2.24) is 5.32 Å². The molecule has 0 spiro atoms. The predicted octanol–water partition coefficient (Wildman–Crippen LogP) is 19.7. The second kappa shape index (κ2) is 54.8. The lowest BCUT2D eigenvalue weighted by atomic mass is 10.0. The lowest BCUT2D eigenvalue weighted by Crippen LogP contribution is -2.47. The maximum atomic E-state index is 13.5. The molecule has 0 saturated heterocycles. The van der Waals surface area contributed by atoms with Crippen LogP contribution in [-0.2, 0) is 27.9 Å². The Kier molecular flexibility index (Phi) is 53.7. The van der Waals surface area contributed by atoms with Crippen molar-refractivity contribution in [2.24, 2.45) is 0 Å². The van der Waals surface area contributed by atoms with Crippen LogP contribution in [0.15, 0.2) is 24.3 Å². The zero-order valence-electron chi connectivity index (χ0n) is 50.1. The average Bonchev–Trinajstić information content (AvgIpc) is 3.36. The molecule has 9 nitrogen and oxygen atoms in total. The number of hydrogen-bond acceptors (Lipinski definition) is 6. The fraction of sp³-hybridized carbons (Fsp3) is 0.906. The van der Waals surface area contributed by atoms with E-state index < -0.39 is 20.0 Å². The van der Waals surface area contributed by atoms with E-state index in [1.807, 2.05) is 33.3 Å². The van der Waals surface area contributed by atoms with Crippen molar-refractivity contribution in [3.05, 3.63) is 24.3 Å². The Morgan fingerprint density at radius 1 is 0.459 bits per heavy atom. The highest BCUT2D eigenvalue weighted by atomic mass is 31.2. The van der Waals surface area contributed by atoms with Gasteiger partial charge in [-0.2, -0.15) is 0 Å². The number of nitrogens with one attached hydrogen (secondary N) is 1. The fourth-order valence-electron chi connectivity index (χ4n) is 9.64. The zero-order chi connectivity index (χ0) is 54.3. The lowest BCUT2D eigenvalue weighted by molar-refractivity contribution is -0.870. The zero-order valence-corrected chi connectivity index (χ0v) is 51.0. The van der Waals surface area contributed by atoms with Gasteiger partial charge in [-0.3, -0.25) is 18.6 Å². The van der Waals surface area contributed by atoms with Gasteiger partial charge in [0, 0.05) is 12.8 Å². The number of unbranched alkanes of at least 4 members (excludes halogenated alkanes) is 41. The van der Waals surface area contributed by atoms with Crippen LogP contribution in [0.4, 0.5) is 0 Å². The van der Waals surface area contributed by atoms with Crippen LogP contribution in [0.5, 0.6) is 0 Å². The van der Waals surface area contributed by atoms with E-state index in [1.165, 1.54) is 231 Å². The number of ether oxygens (including phenoxy) is 1. The predicted molar refractivity (Wildman–Crippen MR) is 319 cm³/mol. The van der Waals surface area contributed by atoms with Gasteiger partial charge in [0.2, 0.25) is 5.91 Å². The molecule has 0 radical (unpaired) electrons. The van der Waals surface area contributed by atoms with Crippen molar-refractivity contribution in [3.8, 4) is 0 Å². The standard InChI is InChI=1S/C64H125N2O7P/c1-7-10-13-16-19-22-25-27-28-29-30-31-32-33-34-35-36-37-38-39-42-44-47-50-53-56-63(67)65-61(60-72-74(69,70)71-59-58-66(4,5)6)62(55-52-49-46-43-41-26-23-20-17-14-11-8-2)73-64(68)57-54-51-48-45-40-24-21-18-15-12-9-3/h27-28,52,55,61-62H,7-26,29-51,53-54,56-60H2,1-6H3,(H-,65,67,69,70)/p+1/b28-27+,55-52-.